The van der Waals surface area contributed by atoms with E-state index < -0.39 is 18.4 Å². The molecule has 0 fully saturated rings. The molecule has 0 aliphatic rings. The number of rotatable bonds is 10. The molecule has 1 aromatic carbocycles. The van der Waals surface area contributed by atoms with Crippen molar-refractivity contribution in [2.24, 2.45) is 0 Å². The second-order valence-electron chi connectivity index (χ2n) is 7.16. The summed E-state index contributed by atoms with van der Waals surface area (Å²) in [5.41, 5.74) is 2.53. The monoisotopic (exact) mass is 422 g/mol. The molecule has 0 saturated heterocycles. The van der Waals surface area contributed by atoms with E-state index in [1.54, 1.807) is 3.71 Å². The predicted octanol–water partition coefficient (Wildman–Crippen LogP) is 5.93. The Morgan fingerprint density at radius 2 is 1.48 bits per heavy atom. The zero-order valence-electron chi connectivity index (χ0n) is 15.5. The molecule has 0 bridgehead atoms. The van der Waals surface area contributed by atoms with Gasteiger partial charge in [0.1, 0.15) is 0 Å². The Hall–Kier alpha value is -0.511. The Labute approximate surface area is 146 Å². The van der Waals surface area contributed by atoms with Crippen molar-refractivity contribution >= 4 is 33.0 Å². The molecule has 23 heavy (non-hydrogen) atoms. The third-order valence-electron chi connectivity index (χ3n) is 5.34. The summed E-state index contributed by atoms with van der Waals surface area (Å²) < 4.78 is 6.11. The van der Waals surface area contributed by atoms with E-state index in [0.717, 1.165) is 0 Å². The Morgan fingerprint density at radius 3 is 2.00 bits per heavy atom. The Morgan fingerprint density at radius 1 is 0.913 bits per heavy atom. The molecule has 0 radical (unpaired) electrons. The molecule has 0 unspecified atom stereocenters. The Balaban J connectivity index is 2.49. The minimum absolute atomic E-state index is 1.22. The molecule has 1 N–H and O–H groups in total. The van der Waals surface area contributed by atoms with Crippen LogP contribution in [0.5, 0.6) is 0 Å². The molecule has 0 aliphatic carbocycles. The second-order valence-corrected chi connectivity index (χ2v) is 20.2. The van der Waals surface area contributed by atoms with E-state index in [9.17, 15) is 0 Å². The van der Waals surface area contributed by atoms with Crippen LogP contribution in [-0.4, -0.2) is 28.6 Å². The van der Waals surface area contributed by atoms with Crippen molar-refractivity contribution in [1.82, 2.24) is 10.2 Å². The average molecular weight is 421 g/mol. The number of aryl methyl sites for hydroxylation is 1. The van der Waals surface area contributed by atoms with E-state index in [2.05, 4.69) is 51.0 Å². The van der Waals surface area contributed by atoms with Gasteiger partial charge in [0, 0.05) is 0 Å². The second kappa shape index (κ2) is 9.10. The van der Waals surface area contributed by atoms with Crippen LogP contribution in [0.2, 0.25) is 13.3 Å². The summed E-state index contributed by atoms with van der Waals surface area (Å²) in [5.74, 6) is 0. The van der Waals surface area contributed by atoms with Crippen LogP contribution >= 0.6 is 0 Å². The van der Waals surface area contributed by atoms with Gasteiger partial charge >= 0.3 is 146 Å². The van der Waals surface area contributed by atoms with Crippen molar-refractivity contribution in [3.05, 3.63) is 23.8 Å². The third kappa shape index (κ3) is 4.32. The van der Waals surface area contributed by atoms with E-state index >= 15 is 0 Å². The number of fused-ring (bicyclic) bond motifs is 1. The molecule has 2 rings (SSSR count). The maximum atomic E-state index is 4.74. The van der Waals surface area contributed by atoms with Crippen LogP contribution in [-0.2, 0) is 0 Å². The van der Waals surface area contributed by atoms with Gasteiger partial charge in [-0.1, -0.05) is 0 Å². The van der Waals surface area contributed by atoms with Crippen LogP contribution in [0.1, 0.15) is 64.9 Å². The SMILES string of the molecule is CCC[CH2][Sn]([CH2]CCC)([CH2]CCC)[c]1[nH]nc2c(C)cccc12. The van der Waals surface area contributed by atoms with Crippen molar-refractivity contribution in [3.8, 4) is 0 Å². The van der Waals surface area contributed by atoms with Gasteiger partial charge in [0.05, 0.1) is 0 Å². The number of nitrogens with one attached hydrogen (secondary N) is 1. The first-order valence-corrected chi connectivity index (χ1v) is 17.1. The molecule has 128 valence electrons. The van der Waals surface area contributed by atoms with Crippen LogP contribution in [0.15, 0.2) is 18.2 Å². The summed E-state index contributed by atoms with van der Waals surface area (Å²) in [4.78, 5) is 0. The molecular formula is C20H34N2Sn. The molecule has 0 amide bonds. The average Bonchev–Trinajstić information content (AvgIpc) is 3.01. The zero-order valence-corrected chi connectivity index (χ0v) is 18.4. The molecule has 1 aromatic heterocycles. The van der Waals surface area contributed by atoms with E-state index in [-0.39, 0.29) is 0 Å². The van der Waals surface area contributed by atoms with Gasteiger partial charge in [-0.3, -0.25) is 0 Å². The number of unbranched alkanes of at least 4 members (excludes halogenated alkanes) is 3. The fraction of sp³-hybridized carbons (Fsp3) is 0.650. The summed E-state index contributed by atoms with van der Waals surface area (Å²) in [6.45, 7) is 9.21. The standard InChI is InChI=1S/C8H7N2.3C4H9.Sn/c1-6-3-2-4-7-5-9-10-8(6)7;3*1-3-4-2;/h2-4H,1H3,(H,9,10);3*1,3-4H2,2H3;. The van der Waals surface area contributed by atoms with Gasteiger partial charge in [-0.05, 0) is 0 Å². The maximum absolute atomic E-state index is 4.74. The van der Waals surface area contributed by atoms with Gasteiger partial charge in [0.2, 0.25) is 0 Å². The van der Waals surface area contributed by atoms with Gasteiger partial charge in [-0.15, -0.1) is 0 Å². The van der Waals surface area contributed by atoms with Crippen LogP contribution in [0.4, 0.5) is 0 Å². The molecule has 2 aromatic rings. The molecule has 2 nitrogen and oxygen atoms in total. The van der Waals surface area contributed by atoms with Gasteiger partial charge < -0.3 is 0 Å². The number of hydrogen-bond donors (Lipinski definition) is 1. The fourth-order valence-corrected chi connectivity index (χ4v) is 20.0. The fourth-order valence-electron chi connectivity index (χ4n) is 3.88. The van der Waals surface area contributed by atoms with Gasteiger partial charge in [0.15, 0.2) is 0 Å². The summed E-state index contributed by atoms with van der Waals surface area (Å²) >= 11 is -2.39. The molecule has 0 atom stereocenters. The van der Waals surface area contributed by atoms with Crippen LogP contribution in [0, 0.1) is 6.92 Å². The minimum atomic E-state index is -2.39. The van der Waals surface area contributed by atoms with Crippen LogP contribution < -0.4 is 3.71 Å². The molecular weight excluding hydrogens is 387 g/mol. The number of H-pyrrole nitrogens is 1. The first kappa shape index (κ1) is 18.8. The first-order chi connectivity index (χ1) is 11.2. The molecule has 0 saturated carbocycles. The molecule has 3 heteroatoms. The molecule has 0 aliphatic heterocycles. The van der Waals surface area contributed by atoms with Crippen molar-refractivity contribution in [3.63, 3.8) is 0 Å². The van der Waals surface area contributed by atoms with E-state index in [0.29, 0.717) is 0 Å². The number of aromatic amines is 1. The van der Waals surface area contributed by atoms with Crippen LogP contribution in [0.3, 0.4) is 0 Å². The normalized spacial score (nSPS) is 12.2. The van der Waals surface area contributed by atoms with E-state index in [1.165, 1.54) is 68.3 Å². The number of para-hydroxylation sites is 1. The van der Waals surface area contributed by atoms with Gasteiger partial charge in [-0.25, -0.2) is 0 Å². The van der Waals surface area contributed by atoms with Crippen molar-refractivity contribution in [1.29, 1.82) is 0 Å². The summed E-state index contributed by atoms with van der Waals surface area (Å²) in [7, 11) is 0. The van der Waals surface area contributed by atoms with E-state index in [4.69, 9.17) is 5.10 Å². The Bertz CT molecular complexity index is 581. The third-order valence-corrected chi connectivity index (χ3v) is 20.7. The van der Waals surface area contributed by atoms with E-state index in [1.807, 2.05) is 0 Å². The topological polar surface area (TPSA) is 28.7 Å². The first-order valence-electron chi connectivity index (χ1n) is 9.62. The zero-order chi connectivity index (χ0) is 16.7. The molecule has 1 heterocycles. The number of aromatic nitrogens is 2. The quantitative estimate of drug-likeness (QED) is 0.474. The van der Waals surface area contributed by atoms with Crippen molar-refractivity contribution in [2.45, 2.75) is 79.5 Å². The van der Waals surface area contributed by atoms with Crippen LogP contribution in [0.25, 0.3) is 10.9 Å². The number of benzene rings is 1. The number of hydrogen-bond acceptors (Lipinski definition) is 1. The number of nitrogens with zero attached hydrogens (tertiary/aromatic N) is 1. The van der Waals surface area contributed by atoms with Crippen molar-refractivity contribution in [2.75, 3.05) is 0 Å². The Kier molecular flexibility index (Phi) is 7.45. The van der Waals surface area contributed by atoms with Crippen molar-refractivity contribution < 1.29 is 0 Å². The van der Waals surface area contributed by atoms with Gasteiger partial charge in [0.25, 0.3) is 0 Å². The van der Waals surface area contributed by atoms with Gasteiger partial charge in [-0.2, -0.15) is 0 Å². The molecule has 0 spiro atoms. The summed E-state index contributed by atoms with van der Waals surface area (Å²) in [6.07, 6.45) is 8.16. The predicted molar refractivity (Wildman–Crippen MR) is 105 cm³/mol. The summed E-state index contributed by atoms with van der Waals surface area (Å²) in [5, 5.41) is 9.75. The summed E-state index contributed by atoms with van der Waals surface area (Å²) in [6, 6.07) is 6.72.